The van der Waals surface area contributed by atoms with Gasteiger partial charge in [0, 0.05) is 12.6 Å². The predicted octanol–water partition coefficient (Wildman–Crippen LogP) is 3.24. The highest BCUT2D eigenvalue weighted by atomic mass is 15.4. The summed E-state index contributed by atoms with van der Waals surface area (Å²) in [6, 6.07) is 0.667. The standard InChI is InChI=1S/C15H28N4/c1-15(2,3)19-12-14(17-18-19)11-16-13-9-7-5-4-6-8-10-13/h12-13,16H,4-11H2,1-3H3. The Hall–Kier alpha value is -0.900. The SMILES string of the molecule is CC(C)(C)n1cc(CNC2CCCCCCC2)nn1. The molecule has 1 fully saturated rings. The minimum absolute atomic E-state index is 0.0193. The van der Waals surface area contributed by atoms with Gasteiger partial charge in [-0.2, -0.15) is 0 Å². The average molecular weight is 264 g/mol. The summed E-state index contributed by atoms with van der Waals surface area (Å²) in [7, 11) is 0. The molecule has 0 aliphatic heterocycles. The normalized spacial score (nSPS) is 19.1. The number of hydrogen-bond donors (Lipinski definition) is 1. The minimum Gasteiger partial charge on any atom is -0.308 e. The van der Waals surface area contributed by atoms with E-state index in [0.29, 0.717) is 6.04 Å². The zero-order valence-corrected chi connectivity index (χ0v) is 12.7. The van der Waals surface area contributed by atoms with Gasteiger partial charge in [-0.3, -0.25) is 0 Å². The van der Waals surface area contributed by atoms with Gasteiger partial charge < -0.3 is 5.32 Å². The van der Waals surface area contributed by atoms with Gasteiger partial charge in [0.05, 0.1) is 17.4 Å². The largest absolute Gasteiger partial charge is 0.308 e. The molecule has 1 aliphatic carbocycles. The van der Waals surface area contributed by atoms with Crippen molar-refractivity contribution >= 4 is 0 Å². The molecule has 0 atom stereocenters. The fourth-order valence-corrected chi connectivity index (χ4v) is 2.62. The van der Waals surface area contributed by atoms with E-state index in [1.54, 1.807) is 0 Å². The lowest BCUT2D eigenvalue weighted by molar-refractivity contribution is 0.346. The average Bonchev–Trinajstić information content (AvgIpc) is 2.76. The molecular formula is C15H28N4. The Labute approximate surface area is 117 Å². The molecule has 1 aliphatic rings. The summed E-state index contributed by atoms with van der Waals surface area (Å²) >= 11 is 0. The second-order valence-electron chi connectivity index (χ2n) is 6.75. The highest BCUT2D eigenvalue weighted by Crippen LogP contribution is 2.17. The fourth-order valence-electron chi connectivity index (χ4n) is 2.62. The van der Waals surface area contributed by atoms with E-state index in [2.05, 4.69) is 42.6 Å². The van der Waals surface area contributed by atoms with E-state index in [-0.39, 0.29) is 5.54 Å². The van der Waals surface area contributed by atoms with Crippen LogP contribution in [0.2, 0.25) is 0 Å². The van der Waals surface area contributed by atoms with E-state index in [9.17, 15) is 0 Å². The summed E-state index contributed by atoms with van der Waals surface area (Å²) < 4.78 is 1.95. The van der Waals surface area contributed by atoms with Crippen LogP contribution >= 0.6 is 0 Å². The molecule has 4 heteroatoms. The molecule has 19 heavy (non-hydrogen) atoms. The first kappa shape index (κ1) is 14.5. The van der Waals surface area contributed by atoms with Crippen LogP contribution in [-0.4, -0.2) is 21.0 Å². The molecule has 0 aromatic carbocycles. The maximum atomic E-state index is 4.26. The van der Waals surface area contributed by atoms with Gasteiger partial charge in [0.15, 0.2) is 0 Å². The number of rotatable bonds is 3. The Bertz CT molecular complexity index is 370. The van der Waals surface area contributed by atoms with E-state index in [1.165, 1.54) is 44.9 Å². The Morgan fingerprint density at radius 1 is 1.16 bits per heavy atom. The summed E-state index contributed by atoms with van der Waals surface area (Å²) in [6.07, 6.45) is 11.7. The van der Waals surface area contributed by atoms with Crippen LogP contribution in [0.4, 0.5) is 0 Å². The lowest BCUT2D eigenvalue weighted by Crippen LogP contribution is -2.29. The second kappa shape index (κ2) is 6.51. The van der Waals surface area contributed by atoms with Gasteiger partial charge in [-0.15, -0.1) is 5.10 Å². The summed E-state index contributed by atoms with van der Waals surface area (Å²) in [5.74, 6) is 0. The summed E-state index contributed by atoms with van der Waals surface area (Å²) in [5, 5.41) is 12.1. The first-order valence-electron chi connectivity index (χ1n) is 7.71. The number of hydrogen-bond acceptors (Lipinski definition) is 3. The maximum Gasteiger partial charge on any atom is 0.0965 e. The first-order chi connectivity index (χ1) is 9.05. The van der Waals surface area contributed by atoms with Crippen LogP contribution in [0.15, 0.2) is 6.20 Å². The van der Waals surface area contributed by atoms with Crippen LogP contribution in [0.1, 0.15) is 71.4 Å². The van der Waals surface area contributed by atoms with Gasteiger partial charge in [-0.05, 0) is 33.6 Å². The van der Waals surface area contributed by atoms with Gasteiger partial charge in [-0.1, -0.05) is 37.3 Å². The third-order valence-electron chi connectivity index (χ3n) is 3.91. The van der Waals surface area contributed by atoms with E-state index in [1.807, 2.05) is 4.68 Å². The van der Waals surface area contributed by atoms with Gasteiger partial charge >= 0.3 is 0 Å². The quantitative estimate of drug-likeness (QED) is 0.911. The van der Waals surface area contributed by atoms with Crippen molar-refractivity contribution in [3.63, 3.8) is 0 Å². The van der Waals surface area contributed by atoms with Gasteiger partial charge in [0.25, 0.3) is 0 Å². The molecule has 1 aromatic heterocycles. The highest BCUT2D eigenvalue weighted by molar-refractivity contribution is 4.94. The van der Waals surface area contributed by atoms with Crippen LogP contribution in [0, 0.1) is 0 Å². The minimum atomic E-state index is 0.0193. The Kier molecular flexibility index (Phi) is 4.97. The number of aromatic nitrogens is 3. The van der Waals surface area contributed by atoms with Crippen LogP contribution in [0.5, 0.6) is 0 Å². The zero-order valence-electron chi connectivity index (χ0n) is 12.7. The van der Waals surface area contributed by atoms with E-state index >= 15 is 0 Å². The fraction of sp³-hybridized carbons (Fsp3) is 0.867. The molecular weight excluding hydrogens is 236 g/mol. The van der Waals surface area contributed by atoms with E-state index < -0.39 is 0 Å². The van der Waals surface area contributed by atoms with Crippen LogP contribution in [0.25, 0.3) is 0 Å². The molecule has 0 bridgehead atoms. The third kappa shape index (κ3) is 4.60. The second-order valence-corrected chi connectivity index (χ2v) is 6.75. The van der Waals surface area contributed by atoms with Crippen LogP contribution < -0.4 is 5.32 Å². The van der Waals surface area contributed by atoms with Crippen molar-refractivity contribution in [1.29, 1.82) is 0 Å². The maximum absolute atomic E-state index is 4.26. The molecule has 0 unspecified atom stereocenters. The monoisotopic (exact) mass is 264 g/mol. The van der Waals surface area contributed by atoms with Crippen molar-refractivity contribution in [1.82, 2.24) is 20.3 Å². The summed E-state index contributed by atoms with van der Waals surface area (Å²) in [6.45, 7) is 7.29. The van der Waals surface area contributed by atoms with Crippen molar-refractivity contribution in [2.45, 2.75) is 83.8 Å². The smallest absolute Gasteiger partial charge is 0.0965 e. The molecule has 1 heterocycles. The molecule has 0 amide bonds. The summed E-state index contributed by atoms with van der Waals surface area (Å²) in [5.41, 5.74) is 1.07. The molecule has 108 valence electrons. The third-order valence-corrected chi connectivity index (χ3v) is 3.91. The molecule has 1 N–H and O–H groups in total. The Morgan fingerprint density at radius 3 is 2.37 bits per heavy atom. The lowest BCUT2D eigenvalue weighted by Gasteiger charge is -2.20. The van der Waals surface area contributed by atoms with Crippen LogP contribution in [-0.2, 0) is 12.1 Å². The highest BCUT2D eigenvalue weighted by Gasteiger charge is 2.16. The topological polar surface area (TPSA) is 42.7 Å². The zero-order chi connectivity index (χ0) is 13.7. The number of nitrogens with zero attached hydrogens (tertiary/aromatic N) is 3. The molecule has 1 saturated carbocycles. The Balaban J connectivity index is 1.82. The van der Waals surface area contributed by atoms with Gasteiger partial charge in [0.2, 0.25) is 0 Å². The summed E-state index contributed by atoms with van der Waals surface area (Å²) in [4.78, 5) is 0. The first-order valence-corrected chi connectivity index (χ1v) is 7.71. The molecule has 0 radical (unpaired) electrons. The van der Waals surface area contributed by atoms with E-state index in [0.717, 1.165) is 12.2 Å². The lowest BCUT2D eigenvalue weighted by atomic mass is 9.97. The molecule has 0 saturated heterocycles. The predicted molar refractivity (Wildman–Crippen MR) is 78.0 cm³/mol. The molecule has 1 aromatic rings. The van der Waals surface area contributed by atoms with Crippen molar-refractivity contribution in [2.24, 2.45) is 0 Å². The van der Waals surface area contributed by atoms with Crippen molar-refractivity contribution < 1.29 is 0 Å². The van der Waals surface area contributed by atoms with Crippen molar-refractivity contribution in [2.75, 3.05) is 0 Å². The molecule has 0 spiro atoms. The molecule has 2 rings (SSSR count). The Morgan fingerprint density at radius 2 is 1.79 bits per heavy atom. The van der Waals surface area contributed by atoms with Crippen LogP contribution in [0.3, 0.4) is 0 Å². The van der Waals surface area contributed by atoms with E-state index in [4.69, 9.17) is 0 Å². The number of nitrogens with one attached hydrogen (secondary N) is 1. The van der Waals surface area contributed by atoms with Crippen molar-refractivity contribution in [3.8, 4) is 0 Å². The van der Waals surface area contributed by atoms with Crippen molar-refractivity contribution in [3.05, 3.63) is 11.9 Å². The molecule has 4 nitrogen and oxygen atoms in total. The van der Waals surface area contributed by atoms with Gasteiger partial charge in [0.1, 0.15) is 0 Å². The van der Waals surface area contributed by atoms with Gasteiger partial charge in [-0.25, -0.2) is 4.68 Å².